The molecule has 1 aliphatic carbocycles. The molecule has 4 nitrogen and oxygen atoms in total. The van der Waals surface area contributed by atoms with Crippen molar-refractivity contribution in [2.75, 3.05) is 0 Å². The number of nitrogens with zero attached hydrogens (tertiary/aromatic N) is 2. The molecular weight excluding hydrogens is 339 g/mol. The minimum absolute atomic E-state index is 0.124. The highest BCUT2D eigenvalue weighted by atomic mass is 79.9. The Hall–Kier alpha value is -1.27. The van der Waals surface area contributed by atoms with Gasteiger partial charge in [0.15, 0.2) is 0 Å². The molecule has 0 amide bonds. The summed E-state index contributed by atoms with van der Waals surface area (Å²) in [5.41, 5.74) is 0.549. The monoisotopic (exact) mass is 354 g/mol. The Bertz CT molecular complexity index is 632. The molecule has 3 rings (SSSR count). The fourth-order valence-corrected chi connectivity index (χ4v) is 3.16. The lowest BCUT2D eigenvalue weighted by Crippen LogP contribution is -2.17. The van der Waals surface area contributed by atoms with Gasteiger partial charge in [0, 0.05) is 10.0 Å². The van der Waals surface area contributed by atoms with Crippen molar-refractivity contribution in [2.45, 2.75) is 44.1 Å². The van der Waals surface area contributed by atoms with Gasteiger partial charge in [-0.2, -0.15) is 4.98 Å². The van der Waals surface area contributed by atoms with E-state index in [-0.39, 0.29) is 11.7 Å². The smallest absolute Gasteiger partial charge is 0.232 e. The highest BCUT2D eigenvalue weighted by molar-refractivity contribution is 9.10. The van der Waals surface area contributed by atoms with Crippen LogP contribution in [0.25, 0.3) is 11.4 Å². The molecule has 1 saturated carbocycles. The summed E-state index contributed by atoms with van der Waals surface area (Å²) in [4.78, 5) is 4.36. The number of aliphatic hydroxyl groups is 1. The molecule has 2 aromatic rings. The number of benzene rings is 1. The van der Waals surface area contributed by atoms with E-state index < -0.39 is 6.10 Å². The average Bonchev–Trinajstić information content (AvgIpc) is 2.84. The fraction of sp³-hybridized carbons (Fsp3) is 0.467. The third-order valence-corrected chi connectivity index (χ3v) is 4.60. The summed E-state index contributed by atoms with van der Waals surface area (Å²) in [5.74, 6) is 0.304. The van der Waals surface area contributed by atoms with Crippen LogP contribution in [-0.4, -0.2) is 21.4 Å². The lowest BCUT2D eigenvalue weighted by Gasteiger charge is -2.15. The second-order valence-corrected chi connectivity index (χ2v) is 6.25. The maximum absolute atomic E-state index is 13.4. The fourth-order valence-electron chi connectivity index (χ4n) is 2.74. The molecule has 0 bridgehead atoms. The van der Waals surface area contributed by atoms with E-state index in [9.17, 15) is 9.50 Å². The minimum atomic E-state index is -0.447. The van der Waals surface area contributed by atoms with Crippen molar-refractivity contribution in [2.24, 2.45) is 0 Å². The summed E-state index contributed by atoms with van der Waals surface area (Å²) in [6, 6.07) is 4.34. The number of aliphatic hydroxyl groups excluding tert-OH is 1. The second kappa shape index (κ2) is 6.23. The van der Waals surface area contributed by atoms with Gasteiger partial charge in [-0.15, -0.1) is 0 Å². The standard InChI is InChI=1S/C15H16BrFN2O2/c16-12-7-6-9(17)8-11(12)14-18-15(21-19-14)10-4-2-1-3-5-13(10)20/h6-8,10,13,20H,1-5H2. The van der Waals surface area contributed by atoms with E-state index in [4.69, 9.17) is 4.52 Å². The lowest BCUT2D eigenvalue weighted by molar-refractivity contribution is 0.119. The second-order valence-electron chi connectivity index (χ2n) is 5.39. The molecule has 0 saturated heterocycles. The number of rotatable bonds is 2. The largest absolute Gasteiger partial charge is 0.392 e. The minimum Gasteiger partial charge on any atom is -0.392 e. The first kappa shape index (κ1) is 14.7. The molecular formula is C15H16BrFN2O2. The first-order chi connectivity index (χ1) is 10.1. The molecule has 1 aromatic heterocycles. The van der Waals surface area contributed by atoms with Gasteiger partial charge in [-0.05, 0) is 31.0 Å². The molecule has 0 aliphatic heterocycles. The molecule has 2 atom stereocenters. The number of hydrogen-bond acceptors (Lipinski definition) is 4. The van der Waals surface area contributed by atoms with Gasteiger partial charge in [-0.1, -0.05) is 40.3 Å². The molecule has 1 fully saturated rings. The SMILES string of the molecule is OC1CCCCCC1c1nc(-c2cc(F)ccc2Br)no1. The van der Waals surface area contributed by atoms with Crippen LogP contribution in [0.15, 0.2) is 27.2 Å². The van der Waals surface area contributed by atoms with Crippen molar-refractivity contribution in [3.8, 4) is 11.4 Å². The summed E-state index contributed by atoms with van der Waals surface area (Å²) in [5, 5.41) is 14.1. The van der Waals surface area contributed by atoms with Crippen molar-refractivity contribution in [1.29, 1.82) is 0 Å². The van der Waals surface area contributed by atoms with Gasteiger partial charge in [-0.25, -0.2) is 4.39 Å². The van der Waals surface area contributed by atoms with Crippen LogP contribution in [0.2, 0.25) is 0 Å². The lowest BCUT2D eigenvalue weighted by atomic mass is 9.97. The highest BCUT2D eigenvalue weighted by Gasteiger charge is 2.28. The van der Waals surface area contributed by atoms with Crippen LogP contribution in [0.4, 0.5) is 4.39 Å². The summed E-state index contributed by atoms with van der Waals surface area (Å²) in [6.45, 7) is 0. The summed E-state index contributed by atoms with van der Waals surface area (Å²) >= 11 is 3.36. The van der Waals surface area contributed by atoms with E-state index in [2.05, 4.69) is 26.1 Å². The number of hydrogen-bond donors (Lipinski definition) is 1. The zero-order chi connectivity index (χ0) is 14.8. The Morgan fingerprint density at radius 3 is 2.90 bits per heavy atom. The van der Waals surface area contributed by atoms with E-state index in [0.29, 0.717) is 21.8 Å². The van der Waals surface area contributed by atoms with E-state index in [1.807, 2.05) is 0 Å². The normalized spacial score (nSPS) is 23.0. The van der Waals surface area contributed by atoms with E-state index >= 15 is 0 Å². The van der Waals surface area contributed by atoms with Crippen LogP contribution in [0, 0.1) is 5.82 Å². The van der Waals surface area contributed by atoms with Crippen molar-refractivity contribution < 1.29 is 14.0 Å². The maximum atomic E-state index is 13.4. The predicted molar refractivity (Wildman–Crippen MR) is 79.2 cm³/mol. The molecule has 1 heterocycles. The third-order valence-electron chi connectivity index (χ3n) is 3.91. The first-order valence-electron chi connectivity index (χ1n) is 7.12. The third kappa shape index (κ3) is 3.16. The van der Waals surface area contributed by atoms with Crippen LogP contribution in [0.3, 0.4) is 0 Å². The van der Waals surface area contributed by atoms with Gasteiger partial charge in [0.1, 0.15) is 5.82 Å². The average molecular weight is 355 g/mol. The van der Waals surface area contributed by atoms with Gasteiger partial charge in [-0.3, -0.25) is 0 Å². The molecule has 1 aromatic carbocycles. The maximum Gasteiger partial charge on any atom is 0.232 e. The Labute approximate surface area is 130 Å². The van der Waals surface area contributed by atoms with Gasteiger partial charge >= 0.3 is 0 Å². The van der Waals surface area contributed by atoms with E-state index in [1.165, 1.54) is 12.1 Å². The van der Waals surface area contributed by atoms with Crippen molar-refractivity contribution in [1.82, 2.24) is 10.1 Å². The van der Waals surface area contributed by atoms with Gasteiger partial charge < -0.3 is 9.63 Å². The molecule has 112 valence electrons. The Morgan fingerprint density at radius 1 is 1.24 bits per heavy atom. The molecule has 0 radical (unpaired) electrons. The van der Waals surface area contributed by atoms with Crippen LogP contribution >= 0.6 is 15.9 Å². The zero-order valence-corrected chi connectivity index (χ0v) is 13.0. The summed E-state index contributed by atoms with van der Waals surface area (Å²) in [6.07, 6.45) is 4.33. The van der Waals surface area contributed by atoms with Crippen LogP contribution in [0.5, 0.6) is 0 Å². The van der Waals surface area contributed by atoms with Crippen molar-refractivity contribution >= 4 is 15.9 Å². The quantitative estimate of drug-likeness (QED) is 0.826. The molecule has 6 heteroatoms. The zero-order valence-electron chi connectivity index (χ0n) is 11.4. The highest BCUT2D eigenvalue weighted by Crippen LogP contribution is 2.33. The molecule has 0 spiro atoms. The topological polar surface area (TPSA) is 59.2 Å². The summed E-state index contributed by atoms with van der Waals surface area (Å²) < 4.78 is 19.4. The van der Waals surface area contributed by atoms with Gasteiger partial charge in [0.2, 0.25) is 11.7 Å². The van der Waals surface area contributed by atoms with Crippen LogP contribution in [-0.2, 0) is 0 Å². The number of aromatic nitrogens is 2. The summed E-state index contributed by atoms with van der Waals surface area (Å²) in [7, 11) is 0. The number of halogens is 2. The van der Waals surface area contributed by atoms with Crippen LogP contribution in [0.1, 0.15) is 43.9 Å². The Morgan fingerprint density at radius 2 is 2.05 bits per heavy atom. The Balaban J connectivity index is 1.90. The van der Waals surface area contributed by atoms with Gasteiger partial charge in [0.05, 0.1) is 12.0 Å². The van der Waals surface area contributed by atoms with Crippen LogP contribution < -0.4 is 0 Å². The van der Waals surface area contributed by atoms with E-state index in [0.717, 1.165) is 32.1 Å². The first-order valence-corrected chi connectivity index (χ1v) is 7.91. The van der Waals surface area contributed by atoms with E-state index in [1.54, 1.807) is 6.07 Å². The molecule has 2 unspecified atom stereocenters. The van der Waals surface area contributed by atoms with Crippen molar-refractivity contribution in [3.63, 3.8) is 0 Å². The Kier molecular flexibility index (Phi) is 4.35. The van der Waals surface area contributed by atoms with Crippen molar-refractivity contribution in [3.05, 3.63) is 34.4 Å². The molecule has 21 heavy (non-hydrogen) atoms. The predicted octanol–water partition coefficient (Wildman–Crippen LogP) is 4.05. The van der Waals surface area contributed by atoms with Gasteiger partial charge in [0.25, 0.3) is 0 Å². The molecule has 1 aliphatic rings. The molecule has 1 N–H and O–H groups in total.